The Balaban J connectivity index is 1.28. The number of hydrogen-bond acceptors (Lipinski definition) is 3. The van der Waals surface area contributed by atoms with Crippen LogP contribution in [0.2, 0.25) is 10.0 Å². The van der Waals surface area contributed by atoms with Crippen LogP contribution in [0.4, 0.5) is 5.69 Å². The zero-order chi connectivity index (χ0) is 31.8. The minimum atomic E-state index is -0.425. The molecular formula is C37H45Cl2N3O2. The number of likely N-dealkylation sites (N-methyl/N-ethyl adjacent to an activating group) is 1. The maximum Gasteiger partial charge on any atom is 0.253 e. The second-order valence-corrected chi connectivity index (χ2v) is 14.8. The van der Waals surface area contributed by atoms with Crippen LogP contribution in [-0.2, 0) is 10.2 Å². The second kappa shape index (κ2) is 12.9. The van der Waals surface area contributed by atoms with Crippen LogP contribution in [-0.4, -0.2) is 61.4 Å². The molecule has 1 spiro atoms. The molecule has 7 heteroatoms. The SMILES string of the molecule is Cc1cc(C)cc(C(=O)N(C)C[C@@H](CCN2CCC3(CC2)CN(C(=O)C(C)(C)C)c2ccccc23)c2ccc(Cl)c(Cl)c2)c1. The number of rotatable bonds is 7. The normalized spacial score (nSPS) is 17.0. The Morgan fingerprint density at radius 2 is 1.59 bits per heavy atom. The van der Waals surface area contributed by atoms with Crippen molar-refractivity contribution in [3.63, 3.8) is 0 Å². The predicted molar refractivity (Wildman–Crippen MR) is 182 cm³/mol. The number of piperidine rings is 1. The van der Waals surface area contributed by atoms with Crippen LogP contribution in [0, 0.1) is 19.3 Å². The molecule has 1 saturated heterocycles. The van der Waals surface area contributed by atoms with Crippen LogP contribution in [0.15, 0.2) is 60.7 Å². The average Bonchev–Trinajstić information content (AvgIpc) is 3.29. The van der Waals surface area contributed by atoms with Crippen molar-refractivity contribution in [2.45, 2.75) is 65.2 Å². The van der Waals surface area contributed by atoms with E-state index in [0.29, 0.717) is 16.6 Å². The van der Waals surface area contributed by atoms with E-state index >= 15 is 0 Å². The summed E-state index contributed by atoms with van der Waals surface area (Å²) in [7, 11) is 1.89. The van der Waals surface area contributed by atoms with Gasteiger partial charge in [0.1, 0.15) is 0 Å². The maximum absolute atomic E-state index is 13.5. The topological polar surface area (TPSA) is 43.9 Å². The van der Waals surface area contributed by atoms with E-state index in [1.54, 1.807) is 0 Å². The molecule has 2 aliphatic rings. The largest absolute Gasteiger partial charge is 0.341 e. The first-order valence-electron chi connectivity index (χ1n) is 15.7. The van der Waals surface area contributed by atoms with Crippen molar-refractivity contribution in [1.82, 2.24) is 9.80 Å². The lowest BCUT2D eigenvalue weighted by Gasteiger charge is -2.40. The van der Waals surface area contributed by atoms with Crippen molar-refractivity contribution in [1.29, 1.82) is 0 Å². The minimum absolute atomic E-state index is 0.00427. The van der Waals surface area contributed by atoms with Crippen molar-refractivity contribution in [2.75, 3.05) is 44.7 Å². The van der Waals surface area contributed by atoms with Crippen molar-refractivity contribution >= 4 is 40.7 Å². The number of carbonyl (C=O) groups is 2. The number of likely N-dealkylation sites (tertiary alicyclic amines) is 1. The zero-order valence-electron chi connectivity index (χ0n) is 26.9. The molecule has 0 aromatic heterocycles. The summed E-state index contributed by atoms with van der Waals surface area (Å²) in [6.45, 7) is 14.2. The molecule has 0 radical (unpaired) electrons. The highest BCUT2D eigenvalue weighted by Gasteiger charge is 2.47. The lowest BCUT2D eigenvalue weighted by atomic mass is 9.74. The molecule has 1 fully saturated rings. The van der Waals surface area contributed by atoms with Gasteiger partial charge < -0.3 is 14.7 Å². The molecule has 3 aromatic carbocycles. The number of nitrogens with zero attached hydrogens (tertiary/aromatic N) is 3. The number of hydrogen-bond donors (Lipinski definition) is 0. The van der Waals surface area contributed by atoms with E-state index in [0.717, 1.165) is 73.4 Å². The summed E-state index contributed by atoms with van der Waals surface area (Å²) in [4.78, 5) is 33.3. The number of benzene rings is 3. The van der Waals surface area contributed by atoms with Crippen LogP contribution in [0.5, 0.6) is 0 Å². The van der Waals surface area contributed by atoms with Crippen LogP contribution in [0.25, 0.3) is 0 Å². The summed E-state index contributed by atoms with van der Waals surface area (Å²) in [5.41, 5.74) is 5.95. The lowest BCUT2D eigenvalue weighted by Crippen LogP contribution is -2.48. The summed E-state index contributed by atoms with van der Waals surface area (Å²) in [6.07, 6.45) is 2.92. The molecule has 5 nitrogen and oxygen atoms in total. The molecule has 2 heterocycles. The van der Waals surface area contributed by atoms with Gasteiger partial charge in [-0.15, -0.1) is 0 Å². The Bertz CT molecular complexity index is 1520. The highest BCUT2D eigenvalue weighted by molar-refractivity contribution is 6.42. The lowest BCUT2D eigenvalue weighted by molar-refractivity contribution is -0.125. The third-order valence-electron chi connectivity index (χ3n) is 9.45. The summed E-state index contributed by atoms with van der Waals surface area (Å²) in [5, 5.41) is 1.07. The van der Waals surface area contributed by atoms with E-state index in [-0.39, 0.29) is 23.1 Å². The molecule has 0 N–H and O–H groups in total. The molecule has 0 unspecified atom stereocenters. The molecule has 0 bridgehead atoms. The Labute approximate surface area is 273 Å². The Morgan fingerprint density at radius 1 is 0.932 bits per heavy atom. The number of carbonyl (C=O) groups excluding carboxylic acids is 2. The molecule has 0 saturated carbocycles. The van der Waals surface area contributed by atoms with Crippen molar-refractivity contribution in [3.05, 3.63) is 98.5 Å². The smallest absolute Gasteiger partial charge is 0.253 e. The molecule has 234 valence electrons. The summed E-state index contributed by atoms with van der Waals surface area (Å²) in [5.74, 6) is 0.317. The van der Waals surface area contributed by atoms with E-state index in [2.05, 4.69) is 29.2 Å². The van der Waals surface area contributed by atoms with Gasteiger partial charge in [0.2, 0.25) is 5.91 Å². The fraction of sp³-hybridized carbons (Fsp3) is 0.459. The number of anilines is 1. The fourth-order valence-corrected chi connectivity index (χ4v) is 7.36. The second-order valence-electron chi connectivity index (χ2n) is 14.0. The third kappa shape index (κ3) is 6.85. The van der Waals surface area contributed by atoms with Gasteiger partial charge in [0.15, 0.2) is 0 Å². The van der Waals surface area contributed by atoms with Gasteiger partial charge in [0.25, 0.3) is 5.91 Å². The van der Waals surface area contributed by atoms with E-state index < -0.39 is 5.41 Å². The molecule has 44 heavy (non-hydrogen) atoms. The van der Waals surface area contributed by atoms with E-state index in [9.17, 15) is 9.59 Å². The van der Waals surface area contributed by atoms with Gasteiger partial charge in [-0.25, -0.2) is 0 Å². The third-order valence-corrected chi connectivity index (χ3v) is 10.2. The number of fused-ring (bicyclic) bond motifs is 2. The van der Waals surface area contributed by atoms with Crippen molar-refractivity contribution in [2.24, 2.45) is 5.41 Å². The van der Waals surface area contributed by atoms with Crippen molar-refractivity contribution < 1.29 is 9.59 Å². The molecule has 3 aromatic rings. The summed E-state index contributed by atoms with van der Waals surface area (Å²) in [6, 6.07) is 20.3. The molecule has 1 atom stereocenters. The number of para-hydroxylation sites is 1. The van der Waals surface area contributed by atoms with Gasteiger partial charge in [-0.05, 0) is 94.2 Å². The van der Waals surface area contributed by atoms with Gasteiger partial charge in [-0.1, -0.05) is 85.4 Å². The van der Waals surface area contributed by atoms with E-state index in [1.807, 2.05) is 87.9 Å². The maximum atomic E-state index is 13.5. The first-order valence-corrected chi connectivity index (χ1v) is 16.5. The van der Waals surface area contributed by atoms with Gasteiger partial charge in [0, 0.05) is 48.1 Å². The van der Waals surface area contributed by atoms with E-state index in [1.165, 1.54) is 5.56 Å². The van der Waals surface area contributed by atoms with E-state index in [4.69, 9.17) is 23.2 Å². The van der Waals surface area contributed by atoms with Gasteiger partial charge >= 0.3 is 0 Å². The highest BCUT2D eigenvalue weighted by atomic mass is 35.5. The van der Waals surface area contributed by atoms with Crippen LogP contribution in [0.3, 0.4) is 0 Å². The number of aryl methyl sites for hydroxylation is 2. The van der Waals surface area contributed by atoms with Crippen molar-refractivity contribution in [3.8, 4) is 0 Å². The predicted octanol–water partition coefficient (Wildman–Crippen LogP) is 8.28. The molecular weight excluding hydrogens is 589 g/mol. The van der Waals surface area contributed by atoms with Crippen LogP contribution >= 0.6 is 23.2 Å². The summed E-state index contributed by atoms with van der Waals surface area (Å²) < 4.78 is 0. The quantitative estimate of drug-likeness (QED) is 0.263. The van der Waals surface area contributed by atoms with Gasteiger partial charge in [0.05, 0.1) is 10.0 Å². The van der Waals surface area contributed by atoms with Crippen LogP contribution < -0.4 is 4.90 Å². The number of halogens is 2. The monoisotopic (exact) mass is 633 g/mol. The Morgan fingerprint density at radius 3 is 2.23 bits per heavy atom. The zero-order valence-corrected chi connectivity index (χ0v) is 28.4. The molecule has 5 rings (SSSR count). The average molecular weight is 635 g/mol. The first kappa shape index (κ1) is 32.5. The first-order chi connectivity index (χ1) is 20.8. The highest BCUT2D eigenvalue weighted by Crippen LogP contribution is 2.48. The molecule has 2 aliphatic heterocycles. The van der Waals surface area contributed by atoms with Gasteiger partial charge in [-0.3, -0.25) is 9.59 Å². The molecule has 0 aliphatic carbocycles. The Kier molecular flexibility index (Phi) is 9.51. The minimum Gasteiger partial charge on any atom is -0.341 e. The van der Waals surface area contributed by atoms with Crippen LogP contribution in [0.1, 0.15) is 78.6 Å². The fourth-order valence-electron chi connectivity index (χ4n) is 7.05. The Hall–Kier alpha value is -2.86. The number of amides is 2. The molecule has 2 amide bonds. The van der Waals surface area contributed by atoms with Gasteiger partial charge in [-0.2, -0.15) is 0 Å². The summed E-state index contributed by atoms with van der Waals surface area (Å²) >= 11 is 12.7. The standard InChI is InChI=1S/C37H45Cl2N3O2/c1-25-19-26(2)21-29(20-25)34(43)40(6)23-28(27-11-12-31(38)32(39)22-27)13-16-41-17-14-37(15-18-41)24-42(35(44)36(3,4)5)33-10-8-7-9-30(33)37/h7-12,19-22,28H,13-18,23-24H2,1-6H3/t28-/m1/s1.